The molecule has 6 nitrogen and oxygen atoms in total. The van der Waals surface area contributed by atoms with E-state index in [1.807, 2.05) is 0 Å². The summed E-state index contributed by atoms with van der Waals surface area (Å²) in [4.78, 5) is 24.4. The van der Waals surface area contributed by atoms with Crippen LogP contribution in [0.5, 0.6) is 0 Å². The van der Waals surface area contributed by atoms with Crippen molar-refractivity contribution in [2.45, 2.75) is 32.4 Å². The van der Waals surface area contributed by atoms with Gasteiger partial charge in [-0.2, -0.15) is 0 Å². The Bertz CT molecular complexity index is 308. The number of nitrogens with one attached hydrogen (secondary N) is 1. The molecule has 0 aromatic carbocycles. The predicted octanol–water partition coefficient (Wildman–Crippen LogP) is -0.0675. The van der Waals surface area contributed by atoms with Crippen molar-refractivity contribution in [1.29, 1.82) is 0 Å². The number of hydrogen-bond acceptors (Lipinski definition) is 4. The second kappa shape index (κ2) is 6.70. The summed E-state index contributed by atoms with van der Waals surface area (Å²) in [7, 11) is 1.52. The Kier molecular flexibility index (Phi) is 5.55. The summed E-state index contributed by atoms with van der Waals surface area (Å²) in [5.41, 5.74) is 0. The van der Waals surface area contributed by atoms with Crippen LogP contribution in [0.25, 0.3) is 0 Å². The Morgan fingerprint density at radius 2 is 2.17 bits per heavy atom. The number of carboxylic acids is 1. The first-order valence-electron chi connectivity index (χ1n) is 6.29. The van der Waals surface area contributed by atoms with Gasteiger partial charge in [0.25, 0.3) is 0 Å². The van der Waals surface area contributed by atoms with Gasteiger partial charge in [-0.05, 0) is 19.9 Å². The Labute approximate surface area is 107 Å². The summed E-state index contributed by atoms with van der Waals surface area (Å²) < 4.78 is 5.32. The number of carbonyl (C=O) groups excluding carboxylic acids is 1. The van der Waals surface area contributed by atoms with Gasteiger partial charge in [0.2, 0.25) is 5.91 Å². The second-order valence-electron chi connectivity index (χ2n) is 4.67. The van der Waals surface area contributed by atoms with Crippen molar-refractivity contribution in [3.8, 4) is 0 Å². The predicted molar refractivity (Wildman–Crippen MR) is 66.3 cm³/mol. The van der Waals surface area contributed by atoms with E-state index in [0.29, 0.717) is 13.2 Å². The molecular formula is C12H22N2O4. The van der Waals surface area contributed by atoms with E-state index in [2.05, 4.69) is 12.2 Å². The molecular weight excluding hydrogens is 236 g/mol. The summed E-state index contributed by atoms with van der Waals surface area (Å²) in [6.07, 6.45) is 0.985. The lowest BCUT2D eigenvalue weighted by Gasteiger charge is -2.27. The summed E-state index contributed by atoms with van der Waals surface area (Å²) in [6.45, 7) is 5.25. The Hall–Kier alpha value is -1.14. The van der Waals surface area contributed by atoms with E-state index >= 15 is 0 Å². The molecule has 0 radical (unpaired) electrons. The zero-order chi connectivity index (χ0) is 13.7. The van der Waals surface area contributed by atoms with E-state index < -0.39 is 12.0 Å². The Morgan fingerprint density at radius 3 is 2.72 bits per heavy atom. The molecule has 104 valence electrons. The zero-order valence-electron chi connectivity index (χ0n) is 11.2. The van der Waals surface area contributed by atoms with Crippen molar-refractivity contribution >= 4 is 11.9 Å². The third-order valence-corrected chi connectivity index (χ3v) is 3.34. The highest BCUT2D eigenvalue weighted by molar-refractivity contribution is 5.85. The molecule has 1 aliphatic rings. The number of amides is 1. The van der Waals surface area contributed by atoms with E-state index in [4.69, 9.17) is 9.84 Å². The summed E-state index contributed by atoms with van der Waals surface area (Å²) >= 11 is 0. The lowest BCUT2D eigenvalue weighted by atomic mass is 10.0. The number of rotatable bonds is 6. The maximum Gasteiger partial charge on any atom is 0.326 e. The molecule has 18 heavy (non-hydrogen) atoms. The quantitative estimate of drug-likeness (QED) is 0.697. The fourth-order valence-corrected chi connectivity index (χ4v) is 1.95. The van der Waals surface area contributed by atoms with Gasteiger partial charge >= 0.3 is 5.97 Å². The van der Waals surface area contributed by atoms with Gasteiger partial charge in [-0.3, -0.25) is 4.79 Å². The topological polar surface area (TPSA) is 78.9 Å². The average molecular weight is 258 g/mol. The highest BCUT2D eigenvalue weighted by Crippen LogP contribution is 2.17. The normalized spacial score (nSPS) is 24.8. The molecule has 6 heteroatoms. The molecule has 3 unspecified atom stereocenters. The molecule has 1 heterocycles. The minimum atomic E-state index is -0.997. The van der Waals surface area contributed by atoms with Crippen LogP contribution in [-0.4, -0.2) is 60.8 Å². The van der Waals surface area contributed by atoms with Crippen LogP contribution < -0.4 is 5.32 Å². The highest BCUT2D eigenvalue weighted by atomic mass is 16.5. The van der Waals surface area contributed by atoms with Gasteiger partial charge in [0.15, 0.2) is 0 Å². The van der Waals surface area contributed by atoms with Crippen LogP contribution in [0.1, 0.15) is 20.3 Å². The van der Waals surface area contributed by atoms with Crippen molar-refractivity contribution in [2.75, 3.05) is 26.8 Å². The van der Waals surface area contributed by atoms with Crippen molar-refractivity contribution in [3.05, 3.63) is 0 Å². The summed E-state index contributed by atoms with van der Waals surface area (Å²) in [5, 5.41) is 12.2. The molecule has 1 amide bonds. The van der Waals surface area contributed by atoms with E-state index in [-0.39, 0.29) is 17.9 Å². The second-order valence-corrected chi connectivity index (χ2v) is 4.67. The molecule has 1 saturated heterocycles. The highest BCUT2D eigenvalue weighted by Gasteiger charge is 2.37. The molecule has 0 aromatic rings. The van der Waals surface area contributed by atoms with Crippen LogP contribution in [0, 0.1) is 5.92 Å². The maximum atomic E-state index is 12.2. The molecule has 0 spiro atoms. The van der Waals surface area contributed by atoms with Gasteiger partial charge in [-0.15, -0.1) is 0 Å². The number of hydrogen-bond donors (Lipinski definition) is 2. The lowest BCUT2D eigenvalue weighted by Crippen LogP contribution is -2.49. The van der Waals surface area contributed by atoms with Crippen LogP contribution in [-0.2, 0) is 14.3 Å². The first-order chi connectivity index (χ1) is 8.49. The van der Waals surface area contributed by atoms with Gasteiger partial charge in [-0.25, -0.2) is 4.79 Å². The van der Waals surface area contributed by atoms with Crippen molar-refractivity contribution in [3.63, 3.8) is 0 Å². The monoisotopic (exact) mass is 258 g/mol. The summed E-state index contributed by atoms with van der Waals surface area (Å²) in [6, 6.07) is -0.828. The molecule has 1 fully saturated rings. The fraction of sp³-hybridized carbons (Fsp3) is 0.833. The number of likely N-dealkylation sites (N-methyl/N-ethyl adjacent to an activating group) is 1. The van der Waals surface area contributed by atoms with E-state index in [9.17, 15) is 9.59 Å². The maximum absolute atomic E-state index is 12.2. The number of carboxylic acid groups (broad SMARTS) is 1. The van der Waals surface area contributed by atoms with Crippen LogP contribution in [0.15, 0.2) is 0 Å². The number of aliphatic carboxylic acids is 1. The number of nitrogens with zero attached hydrogens (tertiary/aromatic N) is 1. The minimum absolute atomic E-state index is 0.0131. The van der Waals surface area contributed by atoms with Crippen LogP contribution in [0.4, 0.5) is 0 Å². The Balaban J connectivity index is 2.61. The zero-order valence-corrected chi connectivity index (χ0v) is 11.2. The molecule has 0 aromatic heterocycles. The molecule has 0 saturated carbocycles. The van der Waals surface area contributed by atoms with Gasteiger partial charge in [0.05, 0.1) is 19.1 Å². The SMILES string of the molecule is CCCNC1COCC1C(=O)N(C)C(C)C(=O)O. The third kappa shape index (κ3) is 3.43. The minimum Gasteiger partial charge on any atom is -0.480 e. The average Bonchev–Trinajstić information content (AvgIpc) is 2.81. The van der Waals surface area contributed by atoms with Crippen LogP contribution in [0.2, 0.25) is 0 Å². The molecule has 2 N–H and O–H groups in total. The number of ether oxygens (including phenoxy) is 1. The van der Waals surface area contributed by atoms with Crippen molar-refractivity contribution < 1.29 is 19.4 Å². The molecule has 1 rings (SSSR count). The van der Waals surface area contributed by atoms with Crippen LogP contribution in [0.3, 0.4) is 0 Å². The largest absolute Gasteiger partial charge is 0.480 e. The fourth-order valence-electron chi connectivity index (χ4n) is 1.95. The van der Waals surface area contributed by atoms with Crippen molar-refractivity contribution in [1.82, 2.24) is 10.2 Å². The van der Waals surface area contributed by atoms with Gasteiger partial charge in [0, 0.05) is 13.1 Å². The molecule has 1 aliphatic heterocycles. The lowest BCUT2D eigenvalue weighted by molar-refractivity contribution is -0.150. The van der Waals surface area contributed by atoms with Gasteiger partial charge < -0.3 is 20.1 Å². The van der Waals surface area contributed by atoms with Crippen LogP contribution >= 0.6 is 0 Å². The van der Waals surface area contributed by atoms with Gasteiger partial charge in [0.1, 0.15) is 6.04 Å². The van der Waals surface area contributed by atoms with E-state index in [0.717, 1.165) is 13.0 Å². The summed E-state index contributed by atoms with van der Waals surface area (Å²) in [5.74, 6) is -1.46. The molecule has 3 atom stereocenters. The first-order valence-corrected chi connectivity index (χ1v) is 6.29. The van der Waals surface area contributed by atoms with Crippen molar-refractivity contribution in [2.24, 2.45) is 5.92 Å². The van der Waals surface area contributed by atoms with Gasteiger partial charge in [-0.1, -0.05) is 6.92 Å². The molecule has 0 bridgehead atoms. The molecule has 0 aliphatic carbocycles. The van der Waals surface area contributed by atoms with E-state index in [1.54, 1.807) is 0 Å². The third-order valence-electron chi connectivity index (χ3n) is 3.34. The van der Waals surface area contributed by atoms with E-state index in [1.165, 1.54) is 18.9 Å². The first kappa shape index (κ1) is 14.9. The standard InChI is InChI=1S/C12H22N2O4/c1-4-5-13-10-7-18-6-9(10)11(15)14(3)8(2)12(16)17/h8-10,13H,4-7H2,1-3H3,(H,16,17). The number of carbonyl (C=O) groups is 2. The Morgan fingerprint density at radius 1 is 1.50 bits per heavy atom. The smallest absolute Gasteiger partial charge is 0.326 e.